The molecule has 2 aliphatic carbocycles. The summed E-state index contributed by atoms with van der Waals surface area (Å²) in [6, 6.07) is 3.65. The molecule has 1 fully saturated rings. The second-order valence-corrected chi connectivity index (χ2v) is 9.25. The van der Waals surface area contributed by atoms with Crippen LogP contribution in [0.4, 0.5) is 0 Å². The van der Waals surface area contributed by atoms with Gasteiger partial charge >= 0.3 is 0 Å². The van der Waals surface area contributed by atoms with E-state index in [2.05, 4.69) is 22.9 Å². The number of likely N-dealkylation sites (N-methyl/N-ethyl adjacent to an activating group) is 1. The average molecular weight is 425 g/mol. The lowest BCUT2D eigenvalue weighted by molar-refractivity contribution is -0.145. The van der Waals surface area contributed by atoms with Crippen LogP contribution in [-0.4, -0.2) is 82.2 Å². The van der Waals surface area contributed by atoms with Crippen molar-refractivity contribution < 1.29 is 14.9 Å². The SMILES string of the molecule is CN1CC[C@]23c4c5ccc(O)c4O[C@H]2[C@H](N(CCCl)CCCl)C=C[C@@]3(O)C1C5. The van der Waals surface area contributed by atoms with Crippen molar-refractivity contribution in [3.63, 3.8) is 0 Å². The van der Waals surface area contributed by atoms with Crippen LogP contribution in [0.5, 0.6) is 11.5 Å². The van der Waals surface area contributed by atoms with E-state index in [9.17, 15) is 10.2 Å². The molecule has 0 amide bonds. The Bertz CT molecular complexity index is 828. The van der Waals surface area contributed by atoms with Gasteiger partial charge in [0.1, 0.15) is 11.7 Å². The first kappa shape index (κ1) is 19.0. The lowest BCUT2D eigenvalue weighted by Crippen LogP contribution is -2.76. The molecule has 5 atom stereocenters. The number of rotatable bonds is 5. The molecule has 1 aromatic carbocycles. The lowest BCUT2D eigenvalue weighted by Gasteiger charge is -2.62. The molecular weight excluding hydrogens is 399 g/mol. The van der Waals surface area contributed by atoms with Gasteiger partial charge < -0.3 is 14.9 Å². The minimum Gasteiger partial charge on any atom is -0.504 e. The van der Waals surface area contributed by atoms with Gasteiger partial charge in [-0.05, 0) is 38.1 Å². The van der Waals surface area contributed by atoms with Gasteiger partial charge in [-0.25, -0.2) is 0 Å². The van der Waals surface area contributed by atoms with Gasteiger partial charge in [-0.2, -0.15) is 0 Å². The number of likely N-dealkylation sites (tertiary alicyclic amines) is 1. The van der Waals surface area contributed by atoms with Gasteiger partial charge in [-0.15, -0.1) is 23.2 Å². The highest BCUT2D eigenvalue weighted by molar-refractivity contribution is 6.18. The fraction of sp³-hybridized carbons (Fsp3) is 0.619. The highest BCUT2D eigenvalue weighted by Gasteiger charge is 2.71. The van der Waals surface area contributed by atoms with Crippen molar-refractivity contribution in [3.8, 4) is 11.5 Å². The Morgan fingerprint density at radius 2 is 2.04 bits per heavy atom. The molecule has 2 bridgehead atoms. The number of hydrogen-bond acceptors (Lipinski definition) is 5. The maximum absolute atomic E-state index is 12.1. The maximum Gasteiger partial charge on any atom is 0.165 e. The van der Waals surface area contributed by atoms with E-state index in [1.165, 1.54) is 5.56 Å². The molecule has 1 spiro atoms. The van der Waals surface area contributed by atoms with E-state index in [1.54, 1.807) is 6.07 Å². The Morgan fingerprint density at radius 3 is 2.75 bits per heavy atom. The van der Waals surface area contributed by atoms with Crippen molar-refractivity contribution in [2.75, 3.05) is 38.4 Å². The van der Waals surface area contributed by atoms with Crippen LogP contribution < -0.4 is 4.74 Å². The molecule has 5 nitrogen and oxygen atoms in total. The summed E-state index contributed by atoms with van der Waals surface area (Å²) >= 11 is 12.2. The first-order valence-corrected chi connectivity index (χ1v) is 11.0. The number of piperidine rings is 1. The number of aliphatic hydroxyl groups is 1. The molecule has 2 heterocycles. The second kappa shape index (κ2) is 6.51. The molecule has 28 heavy (non-hydrogen) atoms. The van der Waals surface area contributed by atoms with Crippen LogP contribution in [-0.2, 0) is 11.8 Å². The van der Waals surface area contributed by atoms with E-state index in [4.69, 9.17) is 27.9 Å². The van der Waals surface area contributed by atoms with Gasteiger partial charge in [0.2, 0.25) is 0 Å². The minimum absolute atomic E-state index is 0.0120. The fourth-order valence-corrected chi connectivity index (χ4v) is 6.66. The molecule has 2 N–H and O–H groups in total. The average Bonchev–Trinajstić information content (AvgIpc) is 3.02. The fourth-order valence-electron chi connectivity index (χ4n) is 6.23. The number of halogens is 2. The number of alkyl halides is 2. The van der Waals surface area contributed by atoms with E-state index in [1.807, 2.05) is 12.1 Å². The van der Waals surface area contributed by atoms with Crippen LogP contribution in [0.1, 0.15) is 17.5 Å². The van der Waals surface area contributed by atoms with Crippen molar-refractivity contribution in [2.45, 2.75) is 42.0 Å². The standard InChI is InChI=1S/C21H26Cl2N2O3/c1-24-9-6-20-17-13-2-3-15(26)18(17)28-19(20)14(25(10-7-22)11-8-23)4-5-21(20,27)16(24)12-13/h2-5,14,16,19,26-27H,6-12H2,1H3/t14-,16?,19+,20+,21-/m1/s1. The summed E-state index contributed by atoms with van der Waals surface area (Å²) < 4.78 is 6.49. The predicted octanol–water partition coefficient (Wildman–Crippen LogP) is 2.10. The van der Waals surface area contributed by atoms with Crippen LogP contribution in [0.2, 0.25) is 0 Å². The third-order valence-corrected chi connectivity index (χ3v) is 7.79. The first-order valence-electron chi connectivity index (χ1n) is 9.98. The number of benzene rings is 1. The zero-order chi connectivity index (χ0) is 19.7. The molecule has 4 aliphatic rings. The lowest BCUT2D eigenvalue weighted by atomic mass is 9.50. The summed E-state index contributed by atoms with van der Waals surface area (Å²) in [4.78, 5) is 4.50. The molecular formula is C21H26Cl2N2O3. The second-order valence-electron chi connectivity index (χ2n) is 8.50. The molecule has 7 heteroatoms. The minimum atomic E-state index is -1.03. The summed E-state index contributed by atoms with van der Waals surface area (Å²) in [5, 5.41) is 22.7. The molecule has 0 saturated carbocycles. The van der Waals surface area contributed by atoms with Crippen molar-refractivity contribution in [2.24, 2.45) is 0 Å². The number of nitrogens with zero attached hydrogens (tertiary/aromatic N) is 2. The van der Waals surface area contributed by atoms with Crippen LogP contribution >= 0.6 is 23.2 Å². The number of ether oxygens (including phenoxy) is 1. The van der Waals surface area contributed by atoms with Gasteiger partial charge in [0, 0.05) is 36.5 Å². The smallest absolute Gasteiger partial charge is 0.165 e. The van der Waals surface area contributed by atoms with Crippen molar-refractivity contribution in [3.05, 3.63) is 35.4 Å². The van der Waals surface area contributed by atoms with Crippen molar-refractivity contribution >= 4 is 23.2 Å². The third-order valence-electron chi connectivity index (χ3n) is 7.45. The largest absolute Gasteiger partial charge is 0.504 e. The van der Waals surface area contributed by atoms with E-state index in [0.29, 0.717) is 30.6 Å². The Labute approximate surface area is 175 Å². The van der Waals surface area contributed by atoms with Crippen molar-refractivity contribution in [1.29, 1.82) is 0 Å². The molecule has 2 aliphatic heterocycles. The van der Waals surface area contributed by atoms with Crippen LogP contribution in [0, 0.1) is 0 Å². The Morgan fingerprint density at radius 1 is 1.29 bits per heavy atom. The highest BCUT2D eigenvalue weighted by atomic mass is 35.5. The number of hydrogen-bond donors (Lipinski definition) is 2. The highest BCUT2D eigenvalue weighted by Crippen LogP contribution is 2.64. The normalized spacial score (nSPS) is 37.8. The van der Waals surface area contributed by atoms with Crippen LogP contribution in [0.25, 0.3) is 0 Å². The van der Waals surface area contributed by atoms with E-state index < -0.39 is 11.0 Å². The molecule has 152 valence electrons. The predicted molar refractivity (Wildman–Crippen MR) is 110 cm³/mol. The van der Waals surface area contributed by atoms with E-state index >= 15 is 0 Å². The number of aromatic hydroxyl groups is 1. The Balaban J connectivity index is 1.72. The van der Waals surface area contributed by atoms with E-state index in [-0.39, 0.29) is 23.9 Å². The maximum atomic E-state index is 12.1. The summed E-state index contributed by atoms with van der Waals surface area (Å²) in [6.45, 7) is 2.26. The van der Waals surface area contributed by atoms with Gasteiger partial charge in [0.25, 0.3) is 0 Å². The summed E-state index contributed by atoms with van der Waals surface area (Å²) in [5.41, 5.74) is 0.588. The zero-order valence-electron chi connectivity index (χ0n) is 15.9. The van der Waals surface area contributed by atoms with Crippen LogP contribution in [0.3, 0.4) is 0 Å². The van der Waals surface area contributed by atoms with E-state index in [0.717, 1.165) is 24.9 Å². The number of phenols is 1. The van der Waals surface area contributed by atoms with Gasteiger partial charge in [0.05, 0.1) is 11.5 Å². The third kappa shape index (κ3) is 2.20. The van der Waals surface area contributed by atoms with Gasteiger partial charge in [-0.1, -0.05) is 18.2 Å². The van der Waals surface area contributed by atoms with Crippen molar-refractivity contribution in [1.82, 2.24) is 9.80 Å². The number of phenolic OH excluding ortho intramolecular Hbond substituents is 1. The molecule has 0 aromatic heterocycles. The summed E-state index contributed by atoms with van der Waals surface area (Å²) in [6.07, 6.45) is 5.31. The quantitative estimate of drug-likeness (QED) is 0.559. The topological polar surface area (TPSA) is 56.2 Å². The first-order chi connectivity index (χ1) is 13.5. The zero-order valence-corrected chi connectivity index (χ0v) is 17.5. The molecule has 1 saturated heterocycles. The molecule has 5 rings (SSSR count). The van der Waals surface area contributed by atoms with Gasteiger partial charge in [0.15, 0.2) is 11.5 Å². The molecule has 1 unspecified atom stereocenters. The summed E-state index contributed by atoms with van der Waals surface area (Å²) in [7, 11) is 2.08. The van der Waals surface area contributed by atoms with Gasteiger partial charge in [-0.3, -0.25) is 9.80 Å². The Kier molecular flexibility index (Phi) is 4.42. The Hall–Kier alpha value is -0.980. The van der Waals surface area contributed by atoms with Crippen LogP contribution in [0.15, 0.2) is 24.3 Å². The monoisotopic (exact) mass is 424 g/mol. The molecule has 1 aromatic rings. The molecule has 0 radical (unpaired) electrons. The summed E-state index contributed by atoms with van der Waals surface area (Å²) in [5.74, 6) is 1.71.